The number of unbranched alkanes of at least 4 members (excludes halogenated alkanes) is 30. The van der Waals surface area contributed by atoms with Gasteiger partial charge in [0.1, 0.15) is 0 Å². The number of hydrogen-bond acceptors (Lipinski definition) is 3. The predicted octanol–water partition coefficient (Wildman–Crippen LogP) is 16.2. The second kappa shape index (κ2) is 39.1. The maximum Gasteiger partial charge on any atom is 0.264 e. The first-order valence-electron chi connectivity index (χ1n) is 22.8. The van der Waals surface area contributed by atoms with E-state index in [9.17, 15) is 8.42 Å². The summed E-state index contributed by atoms with van der Waals surface area (Å²) in [6.07, 6.45) is 53.7. The van der Waals surface area contributed by atoms with Crippen molar-refractivity contribution in [1.82, 2.24) is 0 Å². The highest BCUT2D eigenvalue weighted by Gasteiger charge is 2.16. The molecule has 1 unspecified atom stereocenters. The van der Waals surface area contributed by atoms with Gasteiger partial charge in [-0.1, -0.05) is 258 Å². The molecule has 0 N–H and O–H groups in total. The highest BCUT2D eigenvalue weighted by Crippen LogP contribution is 2.26. The molecule has 296 valence electrons. The van der Waals surface area contributed by atoms with Gasteiger partial charge in [0.25, 0.3) is 10.1 Å². The highest BCUT2D eigenvalue weighted by molar-refractivity contribution is 7.86. The molecule has 0 rings (SSSR count). The Hall–Kier alpha value is -0.0900. The smallest absolute Gasteiger partial charge is 0.264 e. The molecular weight excluding hydrogens is 621 g/mol. The van der Waals surface area contributed by atoms with Crippen molar-refractivity contribution in [2.24, 2.45) is 5.92 Å². The molecule has 0 aliphatic heterocycles. The Morgan fingerprint density at radius 3 is 0.796 bits per heavy atom. The zero-order chi connectivity index (χ0) is 35.9. The van der Waals surface area contributed by atoms with Crippen LogP contribution in [-0.2, 0) is 14.3 Å². The van der Waals surface area contributed by atoms with Gasteiger partial charge in [0.05, 0.1) is 12.4 Å². The summed E-state index contributed by atoms with van der Waals surface area (Å²) in [4.78, 5) is 0. The lowest BCUT2D eigenvalue weighted by Gasteiger charge is -2.19. The van der Waals surface area contributed by atoms with Gasteiger partial charge in [0.15, 0.2) is 0 Å². The van der Waals surface area contributed by atoms with Crippen LogP contribution in [0.15, 0.2) is 0 Å². The topological polar surface area (TPSA) is 43.4 Å². The minimum atomic E-state index is -3.40. The van der Waals surface area contributed by atoms with Crippen molar-refractivity contribution in [3.05, 3.63) is 0 Å². The summed E-state index contributed by atoms with van der Waals surface area (Å²) in [5.41, 5.74) is 0. The van der Waals surface area contributed by atoms with Crippen LogP contribution in [0.1, 0.15) is 271 Å². The third-order valence-electron chi connectivity index (χ3n) is 11.0. The molecule has 3 nitrogen and oxygen atoms in total. The summed E-state index contributed by atoms with van der Waals surface area (Å²) in [7, 11) is -3.40. The fourth-order valence-electron chi connectivity index (χ4n) is 7.78. The lowest BCUT2D eigenvalue weighted by atomic mass is 9.89. The molecule has 0 amide bonds. The SMILES string of the molecule is CCCCCCCCCCCCCCC(CCCCCCCCCCCCCC)CCCCC(CCCCCCCCCC)OS(C)(=O)=O. The Bertz CT molecular complexity index is 693. The summed E-state index contributed by atoms with van der Waals surface area (Å²) in [5, 5.41) is 0. The van der Waals surface area contributed by atoms with E-state index in [0.717, 1.165) is 31.6 Å². The van der Waals surface area contributed by atoms with Crippen molar-refractivity contribution in [2.75, 3.05) is 6.26 Å². The molecule has 1 atom stereocenters. The van der Waals surface area contributed by atoms with Crippen LogP contribution >= 0.6 is 0 Å². The molecule has 0 radical (unpaired) electrons. The van der Waals surface area contributed by atoms with Gasteiger partial charge >= 0.3 is 0 Å². The monoisotopic (exact) mass is 713 g/mol. The first-order chi connectivity index (χ1) is 23.9. The van der Waals surface area contributed by atoms with Crippen LogP contribution in [-0.4, -0.2) is 20.8 Å². The van der Waals surface area contributed by atoms with E-state index in [0.29, 0.717) is 0 Å². The minimum absolute atomic E-state index is 0.124. The Morgan fingerprint density at radius 1 is 0.327 bits per heavy atom. The van der Waals surface area contributed by atoms with Crippen LogP contribution in [0, 0.1) is 5.92 Å². The third-order valence-corrected chi connectivity index (χ3v) is 11.6. The third kappa shape index (κ3) is 40.5. The number of hydrogen-bond donors (Lipinski definition) is 0. The zero-order valence-electron chi connectivity index (χ0n) is 34.4. The van der Waals surface area contributed by atoms with Crippen molar-refractivity contribution in [1.29, 1.82) is 0 Å². The molecular formula is C45H92O3S. The van der Waals surface area contributed by atoms with Crippen LogP contribution in [0.25, 0.3) is 0 Å². The molecule has 0 bridgehead atoms. The molecule has 0 fully saturated rings. The molecule has 4 heteroatoms. The van der Waals surface area contributed by atoms with Crippen molar-refractivity contribution in [2.45, 2.75) is 277 Å². The fraction of sp³-hybridized carbons (Fsp3) is 1.00. The quantitative estimate of drug-likeness (QED) is 0.0467. The van der Waals surface area contributed by atoms with Crippen molar-refractivity contribution in [3.63, 3.8) is 0 Å². The predicted molar refractivity (Wildman–Crippen MR) is 220 cm³/mol. The van der Waals surface area contributed by atoms with Crippen LogP contribution < -0.4 is 0 Å². The average Bonchev–Trinajstić information content (AvgIpc) is 3.07. The fourth-order valence-corrected chi connectivity index (χ4v) is 8.47. The van der Waals surface area contributed by atoms with E-state index in [1.807, 2.05) is 0 Å². The van der Waals surface area contributed by atoms with E-state index < -0.39 is 10.1 Å². The zero-order valence-corrected chi connectivity index (χ0v) is 35.2. The minimum Gasteiger partial charge on any atom is -0.267 e. The highest BCUT2D eigenvalue weighted by atomic mass is 32.2. The molecule has 0 saturated carbocycles. The molecule has 0 aromatic heterocycles. The Kier molecular flexibility index (Phi) is 39.1. The van der Waals surface area contributed by atoms with Gasteiger partial charge in [0, 0.05) is 0 Å². The second-order valence-corrected chi connectivity index (χ2v) is 17.8. The van der Waals surface area contributed by atoms with E-state index in [1.165, 1.54) is 231 Å². The normalized spacial score (nSPS) is 12.8. The van der Waals surface area contributed by atoms with Crippen LogP contribution in [0.2, 0.25) is 0 Å². The van der Waals surface area contributed by atoms with E-state index in [4.69, 9.17) is 4.18 Å². The number of rotatable bonds is 42. The van der Waals surface area contributed by atoms with E-state index in [2.05, 4.69) is 20.8 Å². The van der Waals surface area contributed by atoms with Gasteiger partial charge in [-0.3, -0.25) is 4.18 Å². The molecule has 0 aliphatic carbocycles. The van der Waals surface area contributed by atoms with Crippen LogP contribution in [0.5, 0.6) is 0 Å². The van der Waals surface area contributed by atoms with Gasteiger partial charge in [-0.15, -0.1) is 0 Å². The lowest BCUT2D eigenvalue weighted by molar-refractivity contribution is 0.180. The van der Waals surface area contributed by atoms with Crippen LogP contribution in [0.3, 0.4) is 0 Å². The van der Waals surface area contributed by atoms with E-state index in [1.54, 1.807) is 0 Å². The summed E-state index contributed by atoms with van der Waals surface area (Å²) >= 11 is 0. The van der Waals surface area contributed by atoms with Gasteiger partial charge in [-0.05, 0) is 18.8 Å². The maximum atomic E-state index is 12.0. The molecule has 0 aromatic rings. The van der Waals surface area contributed by atoms with E-state index in [-0.39, 0.29) is 6.10 Å². The molecule has 49 heavy (non-hydrogen) atoms. The first kappa shape index (κ1) is 48.9. The maximum absolute atomic E-state index is 12.0. The molecule has 0 spiro atoms. The van der Waals surface area contributed by atoms with E-state index >= 15 is 0 Å². The molecule has 0 aliphatic rings. The Balaban J connectivity index is 4.40. The summed E-state index contributed by atoms with van der Waals surface area (Å²) in [6.45, 7) is 6.87. The summed E-state index contributed by atoms with van der Waals surface area (Å²) in [6, 6.07) is 0. The van der Waals surface area contributed by atoms with Gasteiger partial charge in [-0.2, -0.15) is 8.42 Å². The van der Waals surface area contributed by atoms with Crippen molar-refractivity contribution >= 4 is 10.1 Å². The second-order valence-electron chi connectivity index (χ2n) is 16.2. The summed E-state index contributed by atoms with van der Waals surface area (Å²) < 4.78 is 29.5. The standard InChI is InChI=1S/C45H92O3S/c1-5-8-11-14-17-20-22-24-26-28-31-34-39-44(40-35-32-29-27-25-23-21-18-15-12-9-6-2)41-37-38-43-45(48-49(4,46)47)42-36-33-30-19-16-13-10-7-3/h44-45H,5-43H2,1-4H3. The lowest BCUT2D eigenvalue weighted by Crippen LogP contribution is -2.18. The van der Waals surface area contributed by atoms with Gasteiger partial charge in [-0.25, -0.2) is 0 Å². The molecule has 0 aromatic carbocycles. The van der Waals surface area contributed by atoms with Crippen molar-refractivity contribution in [3.8, 4) is 0 Å². The molecule has 0 saturated heterocycles. The average molecular weight is 713 g/mol. The first-order valence-corrected chi connectivity index (χ1v) is 24.6. The Morgan fingerprint density at radius 2 is 0.531 bits per heavy atom. The van der Waals surface area contributed by atoms with Gasteiger partial charge in [0.2, 0.25) is 0 Å². The van der Waals surface area contributed by atoms with Gasteiger partial charge < -0.3 is 0 Å². The van der Waals surface area contributed by atoms with Crippen molar-refractivity contribution < 1.29 is 12.6 Å². The largest absolute Gasteiger partial charge is 0.267 e. The molecule has 0 heterocycles. The summed E-state index contributed by atoms with van der Waals surface area (Å²) in [5.74, 6) is 0.855. The van der Waals surface area contributed by atoms with Crippen LogP contribution in [0.4, 0.5) is 0 Å². The Labute approximate surface area is 311 Å².